The lowest BCUT2D eigenvalue weighted by Gasteiger charge is -2.28. The van der Waals surface area contributed by atoms with Crippen LogP contribution < -0.4 is 10.6 Å². The van der Waals surface area contributed by atoms with E-state index in [-0.39, 0.29) is 36.0 Å². The van der Waals surface area contributed by atoms with E-state index < -0.39 is 0 Å². The van der Waals surface area contributed by atoms with Gasteiger partial charge in [-0.15, -0.1) is 0 Å². The van der Waals surface area contributed by atoms with Crippen molar-refractivity contribution >= 4 is 28.9 Å². The molecule has 9 heteroatoms. The second-order valence-corrected chi connectivity index (χ2v) is 9.63. The van der Waals surface area contributed by atoms with E-state index in [0.717, 1.165) is 22.6 Å². The van der Waals surface area contributed by atoms with Crippen LogP contribution in [0.2, 0.25) is 0 Å². The average molecular weight is 532 g/mol. The van der Waals surface area contributed by atoms with Crippen molar-refractivity contribution in [2.24, 2.45) is 0 Å². The number of anilines is 1. The summed E-state index contributed by atoms with van der Waals surface area (Å²) in [4.78, 5) is 19.3. The minimum absolute atomic E-state index is 0.163. The Bertz CT molecular complexity index is 1470. The van der Waals surface area contributed by atoms with E-state index in [1.165, 1.54) is 30.3 Å². The third-order valence-electron chi connectivity index (χ3n) is 6.79. The van der Waals surface area contributed by atoms with Crippen LogP contribution in [0, 0.1) is 25.5 Å². The highest BCUT2D eigenvalue weighted by Gasteiger charge is 2.41. The molecule has 0 unspecified atom stereocenters. The molecule has 2 N–H and O–H groups in total. The topological polar surface area (TPSA) is 62.2 Å². The predicted octanol–water partition coefficient (Wildman–Crippen LogP) is 5.77. The highest BCUT2D eigenvalue weighted by molar-refractivity contribution is 7.80. The van der Waals surface area contributed by atoms with E-state index in [0.29, 0.717) is 23.0 Å². The summed E-state index contributed by atoms with van der Waals surface area (Å²) in [6, 6.07) is 19.5. The summed E-state index contributed by atoms with van der Waals surface area (Å²) in [5, 5.41) is 6.71. The van der Waals surface area contributed by atoms with Gasteiger partial charge in [-0.1, -0.05) is 18.2 Å². The molecule has 194 valence electrons. The number of para-hydroxylation sites is 1. The Kier molecular flexibility index (Phi) is 7.20. The molecule has 2 aromatic carbocycles. The number of aromatic nitrogens is 2. The number of carbonyl (C=O) groups excluding carboxylic acids is 1. The van der Waals surface area contributed by atoms with Crippen LogP contribution in [0.4, 0.5) is 14.5 Å². The van der Waals surface area contributed by atoms with Gasteiger partial charge in [0.15, 0.2) is 5.11 Å². The van der Waals surface area contributed by atoms with Crippen molar-refractivity contribution < 1.29 is 13.6 Å². The first-order chi connectivity index (χ1) is 18.3. The minimum Gasteiger partial charge on any atom is -0.352 e. The van der Waals surface area contributed by atoms with Crippen LogP contribution in [0.5, 0.6) is 0 Å². The van der Waals surface area contributed by atoms with Crippen LogP contribution >= 0.6 is 12.2 Å². The zero-order valence-electron chi connectivity index (χ0n) is 21.0. The van der Waals surface area contributed by atoms with E-state index in [2.05, 4.69) is 15.6 Å². The van der Waals surface area contributed by atoms with Gasteiger partial charge in [0.2, 0.25) is 5.91 Å². The van der Waals surface area contributed by atoms with E-state index >= 15 is 0 Å². The first-order valence-electron chi connectivity index (χ1n) is 12.3. The molecule has 0 radical (unpaired) electrons. The Balaban J connectivity index is 1.47. The molecule has 1 saturated heterocycles. The maximum Gasteiger partial charge on any atom is 0.226 e. The van der Waals surface area contributed by atoms with Crippen LogP contribution in [0.25, 0.3) is 5.69 Å². The van der Waals surface area contributed by atoms with Crippen LogP contribution in [-0.4, -0.2) is 32.0 Å². The van der Waals surface area contributed by atoms with E-state index in [4.69, 9.17) is 12.2 Å². The fourth-order valence-electron chi connectivity index (χ4n) is 5.05. The van der Waals surface area contributed by atoms with Gasteiger partial charge in [0.1, 0.15) is 11.6 Å². The second-order valence-electron chi connectivity index (χ2n) is 9.24. The third-order valence-corrected chi connectivity index (χ3v) is 7.14. The number of benzene rings is 2. The number of carbonyl (C=O) groups is 1. The largest absolute Gasteiger partial charge is 0.352 e. The maximum absolute atomic E-state index is 14.8. The third kappa shape index (κ3) is 5.02. The molecule has 1 aliphatic rings. The van der Waals surface area contributed by atoms with Gasteiger partial charge >= 0.3 is 0 Å². The van der Waals surface area contributed by atoms with Crippen molar-refractivity contribution in [3.63, 3.8) is 0 Å². The molecule has 6 nitrogen and oxygen atoms in total. The molecule has 5 rings (SSSR count). The number of amides is 1. The Hall–Kier alpha value is -4.11. The molecule has 2 aromatic heterocycles. The molecular weight excluding hydrogens is 504 g/mol. The molecule has 0 saturated carbocycles. The van der Waals surface area contributed by atoms with Gasteiger partial charge in [-0.05, 0) is 86.2 Å². The first-order valence-corrected chi connectivity index (χ1v) is 12.7. The summed E-state index contributed by atoms with van der Waals surface area (Å²) < 4.78 is 29.9. The Morgan fingerprint density at radius 1 is 1.05 bits per heavy atom. The van der Waals surface area contributed by atoms with Crippen molar-refractivity contribution in [3.05, 3.63) is 113 Å². The summed E-state index contributed by atoms with van der Waals surface area (Å²) >= 11 is 5.73. The fourth-order valence-corrected chi connectivity index (χ4v) is 5.39. The molecule has 2 atom stereocenters. The number of halogens is 2. The summed E-state index contributed by atoms with van der Waals surface area (Å²) in [5.41, 5.74) is 4.54. The van der Waals surface area contributed by atoms with Gasteiger partial charge in [0, 0.05) is 36.2 Å². The van der Waals surface area contributed by atoms with Gasteiger partial charge in [0.05, 0.1) is 23.5 Å². The van der Waals surface area contributed by atoms with Crippen LogP contribution in [-0.2, 0) is 4.79 Å². The summed E-state index contributed by atoms with van der Waals surface area (Å²) in [5.74, 6) is -0.888. The number of aryl methyl sites for hydroxylation is 1. The minimum atomic E-state index is -0.368. The van der Waals surface area contributed by atoms with Crippen molar-refractivity contribution in [2.75, 3.05) is 11.9 Å². The van der Waals surface area contributed by atoms with Crippen LogP contribution in [0.1, 0.15) is 41.1 Å². The number of hydrogen-bond donors (Lipinski definition) is 2. The van der Waals surface area contributed by atoms with Crippen molar-refractivity contribution in [3.8, 4) is 5.69 Å². The van der Waals surface area contributed by atoms with Crippen molar-refractivity contribution in [2.45, 2.75) is 32.4 Å². The Morgan fingerprint density at radius 2 is 1.79 bits per heavy atom. The highest BCUT2D eigenvalue weighted by atomic mass is 32.1. The molecule has 1 fully saturated rings. The lowest BCUT2D eigenvalue weighted by molar-refractivity contribution is -0.116. The SMILES string of the molecule is Cc1cc([C@@H]2[C@@H](c3ccccn3)NC(=S)N2CCC(=O)Nc2ccc(F)cc2)c(C)n1-c1ccccc1F. The first kappa shape index (κ1) is 25.5. The molecule has 4 aromatic rings. The monoisotopic (exact) mass is 531 g/mol. The highest BCUT2D eigenvalue weighted by Crippen LogP contribution is 2.41. The van der Waals surface area contributed by atoms with Gasteiger partial charge in [-0.25, -0.2) is 8.78 Å². The van der Waals surface area contributed by atoms with E-state index in [1.54, 1.807) is 18.3 Å². The van der Waals surface area contributed by atoms with E-state index in [9.17, 15) is 13.6 Å². The maximum atomic E-state index is 14.8. The summed E-state index contributed by atoms with van der Waals surface area (Å²) in [6.45, 7) is 4.25. The molecule has 3 heterocycles. The van der Waals surface area contributed by atoms with Crippen molar-refractivity contribution in [1.82, 2.24) is 19.8 Å². The van der Waals surface area contributed by atoms with Gasteiger partial charge in [0.25, 0.3) is 0 Å². The summed E-state index contributed by atoms with van der Waals surface area (Å²) in [6.07, 6.45) is 1.90. The molecule has 0 bridgehead atoms. The lowest BCUT2D eigenvalue weighted by atomic mass is 9.96. The van der Waals surface area contributed by atoms with Gasteiger partial charge < -0.3 is 20.1 Å². The standard InChI is InChI=1S/C29H27F2N5OS/c1-18-17-22(19(2)36(18)25-9-4-3-7-23(25)31)28-27(24-8-5-6-15-32-24)34-29(38)35(28)16-14-26(37)33-21-12-10-20(30)11-13-21/h3-13,15,17,27-28H,14,16H2,1-2H3,(H,33,37)(H,34,38)/t27-,28-/m1/s1. The molecule has 1 amide bonds. The van der Waals surface area contributed by atoms with Gasteiger partial charge in [-0.3, -0.25) is 9.78 Å². The molecule has 38 heavy (non-hydrogen) atoms. The molecule has 0 spiro atoms. The molecule has 0 aliphatic carbocycles. The normalized spacial score (nSPS) is 16.9. The number of pyridine rings is 1. The second kappa shape index (κ2) is 10.7. The number of rotatable bonds is 7. The predicted molar refractivity (Wildman–Crippen MR) is 147 cm³/mol. The fraction of sp³-hybridized carbons (Fsp3) is 0.207. The zero-order chi connectivity index (χ0) is 26.8. The quantitative estimate of drug-likeness (QED) is 0.297. The average Bonchev–Trinajstić information content (AvgIpc) is 3.39. The van der Waals surface area contributed by atoms with Crippen LogP contribution in [0.15, 0.2) is 79.0 Å². The number of thiocarbonyl (C=S) groups is 1. The molecular formula is C29H27F2N5OS. The van der Waals surface area contributed by atoms with Crippen molar-refractivity contribution in [1.29, 1.82) is 0 Å². The van der Waals surface area contributed by atoms with E-state index in [1.807, 2.05) is 53.6 Å². The Morgan fingerprint density at radius 3 is 2.50 bits per heavy atom. The molecule has 1 aliphatic heterocycles. The number of nitrogens with zero attached hydrogens (tertiary/aromatic N) is 3. The van der Waals surface area contributed by atoms with Gasteiger partial charge in [-0.2, -0.15) is 0 Å². The zero-order valence-corrected chi connectivity index (χ0v) is 21.8. The van der Waals surface area contributed by atoms with Crippen LogP contribution in [0.3, 0.4) is 0 Å². The number of hydrogen-bond acceptors (Lipinski definition) is 3. The lowest BCUT2D eigenvalue weighted by Crippen LogP contribution is -2.32. The number of nitrogens with one attached hydrogen (secondary N) is 2. The smallest absolute Gasteiger partial charge is 0.226 e. The summed E-state index contributed by atoms with van der Waals surface area (Å²) in [7, 11) is 0. The Labute approximate surface area is 225 Å².